The first-order valence-corrected chi connectivity index (χ1v) is 35.7. The van der Waals surface area contributed by atoms with E-state index >= 15 is 0 Å². The van der Waals surface area contributed by atoms with Gasteiger partial charge < -0.3 is 0 Å². The lowest BCUT2D eigenvalue weighted by Gasteiger charge is -2.22. The van der Waals surface area contributed by atoms with Crippen LogP contribution in [0.15, 0.2) is 0 Å². The molecule has 0 aliphatic rings. The quantitative estimate of drug-likeness (QED) is 0.135. The molecule has 0 saturated carbocycles. The Labute approximate surface area is 572 Å². The van der Waals surface area contributed by atoms with E-state index in [1.807, 2.05) is 0 Å². The van der Waals surface area contributed by atoms with Crippen molar-refractivity contribution >= 4 is 0 Å². The lowest BCUT2D eigenvalue weighted by molar-refractivity contribution is 0.283. The van der Waals surface area contributed by atoms with Crippen LogP contribution in [0.3, 0.4) is 0 Å². The molecule has 0 rings (SSSR count). The van der Waals surface area contributed by atoms with Crippen LogP contribution in [0.25, 0.3) is 0 Å². The summed E-state index contributed by atoms with van der Waals surface area (Å²) in [7, 11) is 0. The van der Waals surface area contributed by atoms with E-state index in [0.29, 0.717) is 16.2 Å². The highest BCUT2D eigenvalue weighted by molar-refractivity contribution is 4.64. The number of hydrogen-bond donors (Lipinski definition) is 0. The van der Waals surface area contributed by atoms with Crippen molar-refractivity contribution in [2.75, 3.05) is 0 Å². The summed E-state index contributed by atoms with van der Waals surface area (Å²) in [5.74, 6) is 3.67. The molecule has 0 amide bonds. The molecular formula is C83H198. The molecule has 530 valence electrons. The fourth-order valence-corrected chi connectivity index (χ4v) is 2.11. The van der Waals surface area contributed by atoms with Crippen LogP contribution in [-0.4, -0.2) is 0 Å². The first kappa shape index (κ1) is 75.5. The van der Waals surface area contributed by atoms with Crippen LogP contribution in [0, 0.1) is 69.0 Å². The van der Waals surface area contributed by atoms with Crippen molar-refractivity contribution in [1.29, 1.82) is 0 Å². The predicted molar refractivity (Wildman–Crippen MR) is 416 cm³/mol. The van der Waals surface area contributed by atoms with Gasteiger partial charge in [0.1, 0.15) is 0 Å². The summed E-state index contributed by atoms with van der Waals surface area (Å²) >= 11 is 0. The molecule has 0 saturated heterocycles. The molecule has 0 aromatic carbocycles. The third-order valence-electron chi connectivity index (χ3n) is 10.9. The van der Waals surface area contributed by atoms with Gasteiger partial charge in [-0.1, -0.05) is 480 Å². The molecule has 0 fully saturated rings. The summed E-state index contributed by atoms with van der Waals surface area (Å²) in [4.78, 5) is 0. The second-order valence-corrected chi connectivity index (χ2v) is 28.7. The van der Waals surface area contributed by atoms with Gasteiger partial charge in [0.15, 0.2) is 0 Å². The minimum atomic E-state index is -3.04. The topological polar surface area (TPSA) is 0 Å². The van der Waals surface area contributed by atoms with E-state index in [4.69, 9.17) is 26.0 Å². The standard InChI is InChI=1S/2C7H16.5C6H14.5C5H12.2C4H10.2C3H8/c1-6(2)7(3,4)5;1-3-5-7-6-4-2;2*1-5-6(2,3)4;1-5(2)6(3)4;1-4-5-6(2)3;1-3-5-6-4-2;1-5(2,3)4;3*1-4-5(2)3;1-3-5-4-2;1-4(2)3;1-3-4-2;2*1-3-2/h6H,1-5H3;3-7H2,1-2H3;2*5H2,1-4H3;5-6H,1-4H3;6H,4-5H2,1-3H3;3-6H2,1-2H3;1-4H3;3*5H,4H2,1-3H3;3-5H2,1-2H3;4H,1-3H3;3-4H2,1-2H3;2*3H2,1-2H3/i;;2D3,3D3,4D3;;;;;;2D3,3D3,5D;;;;;;1D3;. The molecule has 0 atom stereocenters. The van der Waals surface area contributed by atoms with Crippen molar-refractivity contribution in [3.05, 3.63) is 0 Å². The van der Waals surface area contributed by atoms with Crippen LogP contribution in [0.4, 0.5) is 0 Å². The normalized spacial score (nSPS) is 14.4. The van der Waals surface area contributed by atoms with E-state index in [9.17, 15) is 0 Å². The molecular weight excluding hydrogens is 997 g/mol. The predicted octanol–water partition coefficient (Wildman–Crippen LogP) is 34.6. The van der Waals surface area contributed by atoms with Gasteiger partial charge in [-0.15, -0.1) is 0 Å². The lowest BCUT2D eigenvalue weighted by atomic mass is 9.84. The zero-order valence-electron chi connectivity index (χ0n) is 86.8. The van der Waals surface area contributed by atoms with Crippen molar-refractivity contribution in [1.82, 2.24) is 0 Å². The lowest BCUT2D eigenvalue weighted by Crippen LogP contribution is -2.12. The maximum absolute atomic E-state index is 7.35. The monoisotopic (exact) mass is 1210 g/mol. The summed E-state index contributed by atoms with van der Waals surface area (Å²) in [5, 5.41) is 0. The molecule has 0 bridgehead atoms. The number of rotatable bonds is 16. The minimum Gasteiger partial charge on any atom is -0.0656 e. The molecule has 0 unspecified atom stereocenters. The highest BCUT2D eigenvalue weighted by Gasteiger charge is 2.13. The zero-order chi connectivity index (χ0) is 86.8. The first-order chi connectivity index (χ1) is 45.2. The third kappa shape index (κ3) is 428. The maximum atomic E-state index is 7.35. The van der Waals surface area contributed by atoms with Gasteiger partial charge >= 0.3 is 0 Å². The van der Waals surface area contributed by atoms with Crippen molar-refractivity contribution < 1.29 is 26.0 Å². The minimum absolute atomic E-state index is 0.208. The molecule has 0 heterocycles. The average molecular weight is 1220 g/mol. The first-order valence-electron chi connectivity index (χ1n) is 45.2. The van der Waals surface area contributed by atoms with Gasteiger partial charge in [-0.3, -0.25) is 0 Å². The van der Waals surface area contributed by atoms with E-state index in [-0.39, 0.29) is 12.8 Å². The van der Waals surface area contributed by atoms with Gasteiger partial charge in [0.05, 0.1) is 0 Å². The van der Waals surface area contributed by atoms with Crippen molar-refractivity contribution in [3.63, 3.8) is 0 Å². The number of hydrogen-bond acceptors (Lipinski definition) is 0. The molecule has 83 heavy (non-hydrogen) atoms. The summed E-state index contributed by atoms with van der Waals surface area (Å²) in [6, 6.07) is 0. The molecule has 0 spiro atoms. The Bertz CT molecular complexity index is 1360. The zero-order valence-corrected chi connectivity index (χ0v) is 67.8. The van der Waals surface area contributed by atoms with E-state index < -0.39 is 58.8 Å². The maximum Gasteiger partial charge on any atom is 0.0297 e. The molecule has 0 aromatic rings. The highest BCUT2D eigenvalue weighted by atomic mass is 14.2. The van der Waals surface area contributed by atoms with Gasteiger partial charge in [0, 0.05) is 26.0 Å². The van der Waals surface area contributed by atoms with Crippen LogP contribution in [-0.2, 0) is 0 Å². The highest BCUT2D eigenvalue weighted by Crippen LogP contribution is 2.23. The Morgan fingerprint density at radius 3 is 0.590 bits per heavy atom. The van der Waals surface area contributed by atoms with Crippen molar-refractivity contribution in [3.8, 4) is 0 Å². The number of unbranched alkanes of at least 4 members (excludes halogenated alkanes) is 10. The Morgan fingerprint density at radius 2 is 0.554 bits per heavy atom. The van der Waals surface area contributed by atoms with E-state index in [1.54, 1.807) is 6.92 Å². The van der Waals surface area contributed by atoms with E-state index in [0.717, 1.165) is 41.4 Å². The van der Waals surface area contributed by atoms with Gasteiger partial charge in [0.25, 0.3) is 0 Å². The van der Waals surface area contributed by atoms with Crippen LogP contribution in [0.1, 0.15) is 506 Å². The van der Waals surface area contributed by atoms with E-state index in [1.165, 1.54) is 142 Å². The summed E-state index contributed by atoms with van der Waals surface area (Å²) in [6.45, 7) is 74.4. The third-order valence-corrected chi connectivity index (χ3v) is 10.9. The Morgan fingerprint density at radius 1 is 0.325 bits per heavy atom. The largest absolute Gasteiger partial charge is 0.0656 e. The molecule has 0 radical (unpaired) electrons. The van der Waals surface area contributed by atoms with Crippen molar-refractivity contribution in [2.24, 2.45) is 69.0 Å². The van der Waals surface area contributed by atoms with Crippen LogP contribution < -0.4 is 0 Å². The van der Waals surface area contributed by atoms with Crippen molar-refractivity contribution in [2.45, 2.75) is 480 Å². The smallest absolute Gasteiger partial charge is 0.0297 e. The summed E-state index contributed by atoms with van der Waals surface area (Å²) < 4.78 is 133. The van der Waals surface area contributed by atoms with E-state index in [2.05, 4.69) is 270 Å². The van der Waals surface area contributed by atoms with Crippen LogP contribution in [0.2, 0.25) is 0 Å². The fourth-order valence-electron chi connectivity index (χ4n) is 2.11. The Balaban J connectivity index is -0.0000000563. The SMILES string of the molecule is CC(C)(C)C.CC(C)C.CC(C)C(C)(C)C.CC(C)C(C)C.CCC.CCC(C)(C)C.CCC(C)C.CCC(C)C.CCCC.CCCC(C)C.CCCCC.CCCCCC.CCCCCCC.[2H]C([2H])([2H])C(CC)(C([2H])([2H])[2H])C([2H])([2H])[2H].[2H]C([2H])([2H])C([2H])(CC)C([2H])([2H])[2H].[2H]C([2H])([2H])CC. The van der Waals surface area contributed by atoms with Gasteiger partial charge in [0.2, 0.25) is 0 Å². The van der Waals surface area contributed by atoms with Crippen LogP contribution in [0.5, 0.6) is 0 Å². The average Bonchev–Trinajstić information content (AvgIpc) is 0.736. The second kappa shape index (κ2) is 107. The molecule has 0 aromatic heterocycles. The molecule has 0 heteroatoms. The molecule has 0 N–H and O–H groups in total. The Kier molecular flexibility index (Phi) is 97.0. The second-order valence-electron chi connectivity index (χ2n) is 28.7. The Hall–Kier alpha value is 0. The fraction of sp³-hybridized carbons (Fsp3) is 1.00. The molecule has 0 aliphatic heterocycles. The summed E-state index contributed by atoms with van der Waals surface area (Å²) in [5.41, 5.74) is -1.10. The molecule has 0 nitrogen and oxygen atoms in total. The summed E-state index contributed by atoms with van der Waals surface area (Å²) in [6.07, 6.45) is 26.7. The van der Waals surface area contributed by atoms with Crippen LogP contribution >= 0.6 is 0 Å². The van der Waals surface area contributed by atoms with Gasteiger partial charge in [-0.25, -0.2) is 0 Å². The van der Waals surface area contributed by atoms with Gasteiger partial charge in [-0.05, 0) is 69.0 Å². The molecule has 0 aliphatic carbocycles. The van der Waals surface area contributed by atoms with Gasteiger partial charge in [-0.2, -0.15) is 0 Å².